The first kappa shape index (κ1) is 16.6. The number of hydrogen-bond donors (Lipinski definition) is 3. The van der Waals surface area contributed by atoms with Crippen molar-refractivity contribution in [2.24, 2.45) is 0 Å². The van der Waals surface area contributed by atoms with Crippen molar-refractivity contribution in [2.75, 3.05) is 0 Å². The zero-order valence-corrected chi connectivity index (χ0v) is 8.78. The van der Waals surface area contributed by atoms with Gasteiger partial charge in [0.1, 0.15) is 0 Å². The minimum absolute atomic E-state index is 0. The van der Waals surface area contributed by atoms with Gasteiger partial charge in [-0.1, -0.05) is 4.53 Å². The van der Waals surface area contributed by atoms with Gasteiger partial charge in [-0.2, -0.15) is 4.63 Å². The standard InChI is InChI=1S/Al.Ba.FH3O4Si.5H/c;;1-5-6(2,3)4;;;;;/h;;2-4H;;;;;/q;+2;;;;;2*-1. The fraction of sp³-hybridized carbons (Fsp3) is 0. The fourth-order valence-corrected chi connectivity index (χ4v) is 0. The van der Waals surface area contributed by atoms with Crippen molar-refractivity contribution >= 4 is 75.3 Å². The molecule has 0 unspecified atom stereocenters. The quantitative estimate of drug-likeness (QED) is 0.448. The Labute approximate surface area is 100 Å². The van der Waals surface area contributed by atoms with Crippen LogP contribution in [-0.2, 0) is 4.63 Å². The molecule has 48 valence electrons. The monoisotopic (exact) mass is 284 g/mol. The molecule has 0 amide bonds. The number of hydrogen-bond acceptors (Lipinski definition) is 4. The summed E-state index contributed by atoms with van der Waals surface area (Å²) in [6, 6.07) is 0. The van der Waals surface area contributed by atoms with Crippen LogP contribution in [0.15, 0.2) is 0 Å². The molecule has 0 radical (unpaired) electrons. The van der Waals surface area contributed by atoms with Crippen molar-refractivity contribution in [2.45, 2.75) is 0 Å². The van der Waals surface area contributed by atoms with E-state index in [1.807, 2.05) is 0 Å². The summed E-state index contributed by atoms with van der Waals surface area (Å²) in [6.45, 7) is 0. The van der Waals surface area contributed by atoms with Crippen LogP contribution in [0.25, 0.3) is 0 Å². The molecule has 0 atom stereocenters. The summed E-state index contributed by atoms with van der Waals surface area (Å²) in [6.07, 6.45) is 0. The maximum Gasteiger partial charge on any atom is 2.00 e. The topological polar surface area (TPSA) is 69.9 Å². The van der Waals surface area contributed by atoms with E-state index in [1.54, 1.807) is 0 Å². The molecule has 0 aromatic heterocycles. The largest absolute Gasteiger partial charge is 2.00 e. The predicted molar refractivity (Wildman–Crippen MR) is 32.5 cm³/mol. The molecule has 8 heavy (non-hydrogen) atoms. The van der Waals surface area contributed by atoms with E-state index in [4.69, 9.17) is 14.4 Å². The molecule has 0 saturated carbocycles. The van der Waals surface area contributed by atoms with Gasteiger partial charge in [0.05, 0.1) is 0 Å². The van der Waals surface area contributed by atoms with Gasteiger partial charge in [-0.05, 0) is 0 Å². The second-order valence-electron chi connectivity index (χ2n) is 0.651. The minimum atomic E-state index is -4.80. The summed E-state index contributed by atoms with van der Waals surface area (Å²) >= 11 is 0. The SMILES string of the molecule is O[Si](O)(O)OF.[AlH3].[Ba+2].[H-].[H-]. The molecule has 0 bridgehead atoms. The maximum atomic E-state index is 10.3. The van der Waals surface area contributed by atoms with Gasteiger partial charge < -0.3 is 17.2 Å². The van der Waals surface area contributed by atoms with Crippen molar-refractivity contribution in [3.05, 3.63) is 0 Å². The van der Waals surface area contributed by atoms with Crippen molar-refractivity contribution in [3.63, 3.8) is 0 Å². The van der Waals surface area contributed by atoms with E-state index in [0.29, 0.717) is 0 Å². The summed E-state index contributed by atoms with van der Waals surface area (Å²) in [5, 5.41) is 0. The van der Waals surface area contributed by atoms with E-state index < -0.39 is 9.05 Å². The van der Waals surface area contributed by atoms with Crippen LogP contribution in [0.3, 0.4) is 0 Å². The molecule has 0 spiro atoms. The van der Waals surface area contributed by atoms with E-state index in [9.17, 15) is 4.53 Å². The molecule has 0 aromatic carbocycles. The summed E-state index contributed by atoms with van der Waals surface area (Å²) in [5.41, 5.74) is 0. The van der Waals surface area contributed by atoms with Crippen LogP contribution >= 0.6 is 0 Å². The minimum Gasteiger partial charge on any atom is -1.00 e. The first-order chi connectivity index (χ1) is 2.56. The Bertz CT molecular complexity index is 53.0. The van der Waals surface area contributed by atoms with Crippen LogP contribution in [-0.4, -0.2) is 89.7 Å². The van der Waals surface area contributed by atoms with Crippen molar-refractivity contribution in [3.8, 4) is 0 Å². The van der Waals surface area contributed by atoms with E-state index in [-0.39, 0.29) is 69.1 Å². The van der Waals surface area contributed by atoms with Crippen molar-refractivity contribution in [1.29, 1.82) is 0 Å². The maximum absolute atomic E-state index is 10.3. The zero-order chi connectivity index (χ0) is 5.21. The van der Waals surface area contributed by atoms with Gasteiger partial charge in [0.15, 0.2) is 17.4 Å². The summed E-state index contributed by atoms with van der Waals surface area (Å²) in [5.74, 6) is 0. The normalized spacial score (nSPS) is 9.00. The molecule has 0 heterocycles. The van der Waals surface area contributed by atoms with E-state index in [1.165, 1.54) is 0 Å². The molecule has 0 fully saturated rings. The Morgan fingerprint density at radius 2 is 1.50 bits per heavy atom. The van der Waals surface area contributed by atoms with Crippen molar-refractivity contribution < 1.29 is 26.4 Å². The van der Waals surface area contributed by atoms with Crippen LogP contribution in [0.4, 0.5) is 4.53 Å². The molecule has 4 nitrogen and oxygen atoms in total. The second-order valence-corrected chi connectivity index (χ2v) is 1.95. The Morgan fingerprint density at radius 1 is 1.38 bits per heavy atom. The Morgan fingerprint density at radius 3 is 1.50 bits per heavy atom. The average molecular weight is 283 g/mol. The molecule has 0 aliphatic heterocycles. The Balaban J connectivity index is -0.0000000208. The molecular formula is H8AlBaFO4Si. The average Bonchev–Trinajstić information content (AvgIpc) is 1.35. The van der Waals surface area contributed by atoms with Gasteiger partial charge in [-0.3, -0.25) is 0 Å². The molecule has 0 aliphatic carbocycles. The molecule has 8 heteroatoms. The van der Waals surface area contributed by atoms with E-state index in [2.05, 4.69) is 4.63 Å². The van der Waals surface area contributed by atoms with Gasteiger partial charge in [-0.25, -0.2) is 0 Å². The first-order valence-electron chi connectivity index (χ1n) is 1.03. The third kappa shape index (κ3) is 15.7. The first-order valence-corrected chi connectivity index (χ1v) is 2.78. The Hall–Kier alpha value is 2.09. The van der Waals surface area contributed by atoms with Crippen molar-refractivity contribution in [1.82, 2.24) is 0 Å². The third-order valence-electron chi connectivity index (χ3n) is 0.104. The van der Waals surface area contributed by atoms with Crippen LogP contribution in [0.5, 0.6) is 0 Å². The number of halogens is 1. The summed E-state index contributed by atoms with van der Waals surface area (Å²) < 4.78 is 12.6. The van der Waals surface area contributed by atoms with Gasteiger partial charge >= 0.3 is 57.9 Å². The van der Waals surface area contributed by atoms with Crippen LogP contribution in [0, 0.1) is 0 Å². The molecule has 3 N–H and O–H groups in total. The Kier molecular flexibility index (Phi) is 14.9. The number of rotatable bonds is 1. The molecule has 0 rings (SSSR count). The molecular weight excluding hydrogens is 275 g/mol. The third-order valence-corrected chi connectivity index (χ3v) is 0.311. The van der Waals surface area contributed by atoms with Gasteiger partial charge in [0.2, 0.25) is 0 Å². The summed E-state index contributed by atoms with van der Waals surface area (Å²) in [4.78, 5) is 22.4. The molecule has 0 saturated heterocycles. The second kappa shape index (κ2) is 7.20. The van der Waals surface area contributed by atoms with E-state index in [0.717, 1.165) is 0 Å². The fourth-order valence-electron chi connectivity index (χ4n) is 0. The van der Waals surface area contributed by atoms with Crippen LogP contribution in [0.2, 0.25) is 0 Å². The van der Waals surface area contributed by atoms with Crippen LogP contribution in [0.1, 0.15) is 2.85 Å². The van der Waals surface area contributed by atoms with Gasteiger partial charge in [-0.15, -0.1) is 0 Å². The molecule has 0 aliphatic rings. The predicted octanol–water partition coefficient (Wildman–Crippen LogP) is -3.04. The van der Waals surface area contributed by atoms with Gasteiger partial charge in [0.25, 0.3) is 0 Å². The zero-order valence-electron chi connectivity index (χ0n) is 5.33. The summed E-state index contributed by atoms with van der Waals surface area (Å²) in [7, 11) is -4.80. The van der Waals surface area contributed by atoms with Crippen LogP contribution < -0.4 is 0 Å². The van der Waals surface area contributed by atoms with E-state index >= 15 is 0 Å². The smallest absolute Gasteiger partial charge is 1.00 e. The molecule has 0 aromatic rings. The van der Waals surface area contributed by atoms with Gasteiger partial charge in [0, 0.05) is 0 Å².